The number of ether oxygens (including phenoxy) is 1. The van der Waals surface area contributed by atoms with Crippen LogP contribution >= 0.6 is 0 Å². The molecule has 1 aromatic carbocycles. The molecule has 134 valence electrons. The second-order valence-electron chi connectivity index (χ2n) is 5.49. The lowest BCUT2D eigenvalue weighted by molar-refractivity contribution is -0.384. The molecular weight excluding hydrogens is 342 g/mol. The van der Waals surface area contributed by atoms with Crippen molar-refractivity contribution in [2.75, 3.05) is 11.9 Å². The van der Waals surface area contributed by atoms with Gasteiger partial charge in [0, 0.05) is 24.2 Å². The van der Waals surface area contributed by atoms with Crippen LogP contribution in [0.25, 0.3) is 11.0 Å². The van der Waals surface area contributed by atoms with Crippen molar-refractivity contribution >= 4 is 34.2 Å². The van der Waals surface area contributed by atoms with E-state index >= 15 is 0 Å². The van der Waals surface area contributed by atoms with E-state index in [2.05, 4.69) is 5.32 Å². The van der Waals surface area contributed by atoms with Crippen LogP contribution in [0.15, 0.2) is 40.9 Å². The molecule has 0 atom stereocenters. The molecule has 0 saturated heterocycles. The fourth-order valence-electron chi connectivity index (χ4n) is 2.49. The highest BCUT2D eigenvalue weighted by atomic mass is 16.6. The van der Waals surface area contributed by atoms with Gasteiger partial charge in [-0.15, -0.1) is 0 Å². The molecule has 0 aliphatic carbocycles. The van der Waals surface area contributed by atoms with Gasteiger partial charge in [0.15, 0.2) is 0 Å². The van der Waals surface area contributed by atoms with E-state index in [1.807, 2.05) is 0 Å². The molecule has 0 aliphatic rings. The second-order valence-corrected chi connectivity index (χ2v) is 5.49. The first-order chi connectivity index (χ1) is 12.4. The predicted molar refractivity (Wildman–Crippen MR) is 92.2 cm³/mol. The fraction of sp³-hybridized carbons (Fsp3) is 0.176. The van der Waals surface area contributed by atoms with Gasteiger partial charge in [-0.25, -0.2) is 4.79 Å². The molecular formula is C17H15N3O6. The van der Waals surface area contributed by atoms with Crippen LogP contribution in [0.5, 0.6) is 0 Å². The molecule has 1 amide bonds. The van der Waals surface area contributed by atoms with E-state index in [0.29, 0.717) is 16.7 Å². The molecule has 9 nitrogen and oxygen atoms in total. The molecule has 3 rings (SSSR count). The smallest absolute Gasteiger partial charge is 0.374 e. The lowest BCUT2D eigenvalue weighted by atomic mass is 10.2. The zero-order chi connectivity index (χ0) is 18.8. The lowest BCUT2D eigenvalue weighted by Gasteiger charge is -2.05. The SMILES string of the molecule is CCOC(=O)c1cc2cc(NC(=O)c3cc([N+](=O)[O-])cn3C)ccc2o1. The summed E-state index contributed by atoms with van der Waals surface area (Å²) in [7, 11) is 1.55. The average Bonchev–Trinajstić information content (AvgIpc) is 3.18. The number of amides is 1. The van der Waals surface area contributed by atoms with E-state index in [0.717, 1.165) is 0 Å². The Bertz CT molecular complexity index is 1020. The molecule has 9 heteroatoms. The molecule has 0 spiro atoms. The molecule has 2 aromatic heterocycles. The van der Waals surface area contributed by atoms with Gasteiger partial charge in [0.1, 0.15) is 11.3 Å². The van der Waals surface area contributed by atoms with E-state index in [4.69, 9.17) is 9.15 Å². The number of aromatic nitrogens is 1. The monoisotopic (exact) mass is 357 g/mol. The number of rotatable bonds is 5. The number of hydrogen-bond acceptors (Lipinski definition) is 6. The summed E-state index contributed by atoms with van der Waals surface area (Å²) in [6.45, 7) is 1.93. The Labute approximate surface area is 147 Å². The number of nitrogens with one attached hydrogen (secondary N) is 1. The van der Waals surface area contributed by atoms with Gasteiger partial charge >= 0.3 is 5.97 Å². The Balaban J connectivity index is 1.83. The summed E-state index contributed by atoms with van der Waals surface area (Å²) in [5.41, 5.74) is 0.918. The predicted octanol–water partition coefficient (Wildman–Crippen LogP) is 3.11. The van der Waals surface area contributed by atoms with E-state index < -0.39 is 16.8 Å². The first kappa shape index (κ1) is 17.2. The summed E-state index contributed by atoms with van der Waals surface area (Å²) in [5, 5.41) is 14.1. The normalized spacial score (nSPS) is 10.7. The summed E-state index contributed by atoms with van der Waals surface area (Å²) >= 11 is 0. The third-order valence-corrected chi connectivity index (χ3v) is 3.68. The van der Waals surface area contributed by atoms with Gasteiger partial charge in [0.2, 0.25) is 5.76 Å². The second kappa shape index (κ2) is 6.71. The van der Waals surface area contributed by atoms with Gasteiger partial charge in [-0.3, -0.25) is 14.9 Å². The van der Waals surface area contributed by atoms with Crippen LogP contribution in [0.4, 0.5) is 11.4 Å². The number of nitro groups is 1. The van der Waals surface area contributed by atoms with Crippen molar-refractivity contribution in [1.29, 1.82) is 0 Å². The van der Waals surface area contributed by atoms with Crippen molar-refractivity contribution in [3.63, 3.8) is 0 Å². The number of carbonyl (C=O) groups is 2. The number of aryl methyl sites for hydroxylation is 1. The molecule has 0 unspecified atom stereocenters. The molecule has 3 aromatic rings. The molecule has 1 N–H and O–H groups in total. The summed E-state index contributed by atoms with van der Waals surface area (Å²) < 4.78 is 11.7. The number of esters is 1. The van der Waals surface area contributed by atoms with Gasteiger partial charge in [-0.05, 0) is 31.2 Å². The number of carbonyl (C=O) groups excluding carboxylic acids is 2. The molecule has 0 radical (unpaired) electrons. The van der Waals surface area contributed by atoms with Crippen LogP contribution < -0.4 is 5.32 Å². The average molecular weight is 357 g/mol. The Kier molecular flexibility index (Phi) is 4.44. The third kappa shape index (κ3) is 3.27. The van der Waals surface area contributed by atoms with Crippen molar-refractivity contribution in [3.8, 4) is 0 Å². The van der Waals surface area contributed by atoms with Gasteiger partial charge in [-0.2, -0.15) is 0 Å². The standard InChI is InChI=1S/C17H15N3O6/c1-3-25-17(22)15-7-10-6-11(4-5-14(10)26-15)18-16(21)13-8-12(20(23)24)9-19(13)2/h4-9H,3H2,1-2H3,(H,18,21). The minimum atomic E-state index is -0.564. The number of fused-ring (bicyclic) bond motifs is 1. The highest BCUT2D eigenvalue weighted by Crippen LogP contribution is 2.24. The van der Waals surface area contributed by atoms with Gasteiger partial charge in [-0.1, -0.05) is 0 Å². The van der Waals surface area contributed by atoms with E-state index in [1.54, 1.807) is 32.2 Å². The molecule has 0 aliphatic heterocycles. The number of nitrogens with zero attached hydrogens (tertiary/aromatic N) is 2. The van der Waals surface area contributed by atoms with Crippen LogP contribution in [0.2, 0.25) is 0 Å². The van der Waals surface area contributed by atoms with Crippen LogP contribution in [-0.2, 0) is 11.8 Å². The largest absolute Gasteiger partial charge is 0.460 e. The summed E-state index contributed by atoms with van der Waals surface area (Å²) in [6.07, 6.45) is 1.26. The maximum Gasteiger partial charge on any atom is 0.374 e. The number of furan rings is 1. The number of benzene rings is 1. The Morgan fingerprint density at radius 3 is 2.73 bits per heavy atom. The van der Waals surface area contributed by atoms with Crippen LogP contribution in [0.3, 0.4) is 0 Å². The maximum atomic E-state index is 12.4. The topological polar surface area (TPSA) is 117 Å². The van der Waals surface area contributed by atoms with Crippen LogP contribution in [0, 0.1) is 10.1 Å². The van der Waals surface area contributed by atoms with Gasteiger partial charge < -0.3 is 19.0 Å². The minimum absolute atomic E-state index is 0.0726. The number of hydrogen-bond donors (Lipinski definition) is 1. The van der Waals surface area contributed by atoms with Crippen molar-refractivity contribution in [3.05, 3.63) is 58.1 Å². The van der Waals surface area contributed by atoms with Crippen molar-refractivity contribution in [2.24, 2.45) is 7.05 Å². The van der Waals surface area contributed by atoms with E-state index in [1.165, 1.54) is 22.9 Å². The highest BCUT2D eigenvalue weighted by Gasteiger charge is 2.18. The number of anilines is 1. The first-order valence-corrected chi connectivity index (χ1v) is 7.72. The maximum absolute atomic E-state index is 12.4. The third-order valence-electron chi connectivity index (χ3n) is 3.68. The molecule has 0 fully saturated rings. The molecule has 0 saturated carbocycles. The van der Waals surface area contributed by atoms with Crippen molar-refractivity contribution in [1.82, 2.24) is 4.57 Å². The fourth-order valence-corrected chi connectivity index (χ4v) is 2.49. The van der Waals surface area contributed by atoms with E-state index in [9.17, 15) is 19.7 Å². The summed E-state index contributed by atoms with van der Waals surface area (Å²) in [6, 6.07) is 7.58. The van der Waals surface area contributed by atoms with Crippen LogP contribution in [0.1, 0.15) is 28.0 Å². The molecule has 26 heavy (non-hydrogen) atoms. The Morgan fingerprint density at radius 1 is 1.31 bits per heavy atom. The minimum Gasteiger partial charge on any atom is -0.460 e. The summed E-state index contributed by atoms with van der Waals surface area (Å²) in [4.78, 5) is 34.3. The first-order valence-electron chi connectivity index (χ1n) is 7.72. The van der Waals surface area contributed by atoms with Crippen LogP contribution in [-0.4, -0.2) is 28.0 Å². The lowest BCUT2D eigenvalue weighted by Crippen LogP contribution is -2.15. The van der Waals surface area contributed by atoms with Crippen molar-refractivity contribution < 1.29 is 23.7 Å². The highest BCUT2D eigenvalue weighted by molar-refractivity contribution is 6.04. The zero-order valence-corrected chi connectivity index (χ0v) is 14.0. The van der Waals surface area contributed by atoms with Gasteiger partial charge in [0.05, 0.1) is 17.7 Å². The summed E-state index contributed by atoms with van der Waals surface area (Å²) in [5.74, 6) is -0.983. The molecule has 2 heterocycles. The van der Waals surface area contributed by atoms with E-state index in [-0.39, 0.29) is 23.7 Å². The molecule has 0 bridgehead atoms. The quantitative estimate of drug-likeness (QED) is 0.426. The Hall–Kier alpha value is -3.62. The van der Waals surface area contributed by atoms with Gasteiger partial charge in [0.25, 0.3) is 11.6 Å². The van der Waals surface area contributed by atoms with Crippen molar-refractivity contribution in [2.45, 2.75) is 6.92 Å². The zero-order valence-electron chi connectivity index (χ0n) is 14.0. The Morgan fingerprint density at radius 2 is 2.08 bits per heavy atom.